The van der Waals surface area contributed by atoms with Crippen LogP contribution in [0.1, 0.15) is 10.4 Å². The zero-order chi connectivity index (χ0) is 13.5. The zero-order valence-electron chi connectivity index (χ0n) is 9.48. The molecule has 0 aliphatic rings. The fourth-order valence-electron chi connectivity index (χ4n) is 1.19. The summed E-state index contributed by atoms with van der Waals surface area (Å²) in [5.41, 5.74) is 4.67. The molecule has 0 fully saturated rings. The van der Waals surface area contributed by atoms with E-state index in [0.29, 0.717) is 0 Å². The highest BCUT2D eigenvalue weighted by Crippen LogP contribution is 2.17. The molecule has 0 aromatic heterocycles. The predicted molar refractivity (Wildman–Crippen MR) is 60.4 cm³/mol. The second-order valence-corrected chi connectivity index (χ2v) is 3.44. The Labute approximate surface area is 103 Å². The van der Waals surface area contributed by atoms with Crippen LogP contribution in [0.15, 0.2) is 18.2 Å². The van der Waals surface area contributed by atoms with Crippen LogP contribution in [-0.4, -0.2) is 36.7 Å². The van der Waals surface area contributed by atoms with Crippen LogP contribution < -0.4 is 11.1 Å². The van der Waals surface area contributed by atoms with Gasteiger partial charge in [0.05, 0.1) is 12.2 Å². The maximum Gasteiger partial charge on any atom is 0.255 e. The van der Waals surface area contributed by atoms with Crippen molar-refractivity contribution >= 4 is 11.8 Å². The monoisotopic (exact) mass is 256 g/mol. The van der Waals surface area contributed by atoms with Crippen molar-refractivity contribution in [1.29, 1.82) is 0 Å². The second-order valence-electron chi connectivity index (χ2n) is 3.44. The molecule has 1 aromatic rings. The number of rotatable bonds is 6. The third-order valence-electron chi connectivity index (χ3n) is 1.98. The summed E-state index contributed by atoms with van der Waals surface area (Å²) in [6.45, 7) is -0.0338. The van der Waals surface area contributed by atoms with Crippen molar-refractivity contribution in [2.45, 2.75) is 0 Å². The van der Waals surface area contributed by atoms with E-state index in [9.17, 15) is 19.1 Å². The highest BCUT2D eigenvalue weighted by molar-refractivity contribution is 5.96. The lowest BCUT2D eigenvalue weighted by molar-refractivity contribution is -0.122. The first-order valence-electron chi connectivity index (χ1n) is 5.13. The number of carbonyl (C=O) groups is 2. The molecule has 1 aromatic carbocycles. The number of ether oxygens (including phenoxy) is 1. The number of aromatic hydroxyl groups is 1. The fraction of sp³-hybridized carbons (Fsp3) is 0.273. The molecular weight excluding hydrogens is 243 g/mol. The highest BCUT2D eigenvalue weighted by Gasteiger charge is 2.11. The Morgan fingerprint density at radius 1 is 1.44 bits per heavy atom. The van der Waals surface area contributed by atoms with Gasteiger partial charge in [0, 0.05) is 6.54 Å². The van der Waals surface area contributed by atoms with Gasteiger partial charge in [-0.2, -0.15) is 0 Å². The fourth-order valence-corrected chi connectivity index (χ4v) is 1.19. The lowest BCUT2D eigenvalue weighted by Crippen LogP contribution is -2.28. The van der Waals surface area contributed by atoms with Crippen molar-refractivity contribution in [3.8, 4) is 5.75 Å². The Kier molecular flexibility index (Phi) is 5.06. The van der Waals surface area contributed by atoms with E-state index in [2.05, 4.69) is 5.32 Å². The van der Waals surface area contributed by atoms with Crippen LogP contribution in [0.25, 0.3) is 0 Å². The predicted octanol–water partition coefficient (Wildman–Crippen LogP) is -0.237. The number of phenolic OH excluding ortho intramolecular Hbond substituents is 1. The summed E-state index contributed by atoms with van der Waals surface area (Å²) in [4.78, 5) is 21.9. The van der Waals surface area contributed by atoms with Crippen molar-refractivity contribution in [2.24, 2.45) is 5.73 Å². The van der Waals surface area contributed by atoms with Crippen molar-refractivity contribution < 1.29 is 23.8 Å². The number of benzene rings is 1. The van der Waals surface area contributed by atoms with Crippen LogP contribution >= 0.6 is 0 Å². The molecule has 0 atom stereocenters. The molecule has 0 saturated heterocycles. The summed E-state index contributed by atoms with van der Waals surface area (Å²) in [5, 5.41) is 11.8. The molecule has 0 radical (unpaired) electrons. The van der Waals surface area contributed by atoms with E-state index in [0.717, 1.165) is 18.2 Å². The number of carbonyl (C=O) groups excluding carboxylic acids is 2. The molecule has 0 heterocycles. The molecule has 0 saturated carbocycles. The molecular formula is C11H13FN2O4. The number of hydrogen-bond donors (Lipinski definition) is 3. The Bertz CT molecular complexity index is 451. The largest absolute Gasteiger partial charge is 0.507 e. The van der Waals surface area contributed by atoms with Gasteiger partial charge in [0.1, 0.15) is 18.2 Å². The van der Waals surface area contributed by atoms with Crippen LogP contribution in [0.4, 0.5) is 4.39 Å². The molecule has 1 rings (SSSR count). The topological polar surface area (TPSA) is 102 Å². The van der Waals surface area contributed by atoms with Crippen LogP contribution in [-0.2, 0) is 9.53 Å². The van der Waals surface area contributed by atoms with Crippen molar-refractivity contribution in [3.63, 3.8) is 0 Å². The van der Waals surface area contributed by atoms with Crippen LogP contribution in [0.3, 0.4) is 0 Å². The van der Waals surface area contributed by atoms with Gasteiger partial charge in [-0.05, 0) is 18.2 Å². The van der Waals surface area contributed by atoms with Crippen LogP contribution in [0.5, 0.6) is 5.75 Å². The van der Waals surface area contributed by atoms with Gasteiger partial charge in [-0.25, -0.2) is 4.39 Å². The van der Waals surface area contributed by atoms with Gasteiger partial charge in [0.25, 0.3) is 5.91 Å². The van der Waals surface area contributed by atoms with Gasteiger partial charge in [0.2, 0.25) is 5.91 Å². The highest BCUT2D eigenvalue weighted by atomic mass is 19.1. The number of primary amides is 1. The number of nitrogens with one attached hydrogen (secondary N) is 1. The first-order chi connectivity index (χ1) is 8.50. The average Bonchev–Trinajstić information content (AvgIpc) is 2.31. The van der Waals surface area contributed by atoms with Crippen molar-refractivity contribution in [2.75, 3.05) is 19.8 Å². The minimum atomic E-state index is -0.630. The quantitative estimate of drug-likeness (QED) is 0.611. The summed E-state index contributed by atoms with van der Waals surface area (Å²) >= 11 is 0. The number of halogens is 1. The molecule has 4 N–H and O–H groups in total. The summed E-state index contributed by atoms with van der Waals surface area (Å²) in [5.74, 6) is -2.17. The number of phenols is 1. The summed E-state index contributed by atoms with van der Waals surface area (Å²) in [6.07, 6.45) is 0. The first kappa shape index (κ1) is 13.9. The Balaban J connectivity index is 2.41. The van der Waals surface area contributed by atoms with E-state index in [1.54, 1.807) is 0 Å². The Hall–Kier alpha value is -2.15. The third-order valence-corrected chi connectivity index (χ3v) is 1.98. The minimum Gasteiger partial charge on any atom is -0.507 e. The molecule has 0 spiro atoms. The number of nitrogens with two attached hydrogens (primary N) is 1. The van der Waals surface area contributed by atoms with Crippen molar-refractivity contribution in [1.82, 2.24) is 5.32 Å². The SMILES string of the molecule is NC(=O)COCCNC(=O)c1cc(F)ccc1O. The molecule has 6 nitrogen and oxygen atoms in total. The summed E-state index contributed by atoms with van der Waals surface area (Å²) in [6, 6.07) is 3.06. The molecule has 0 aliphatic carbocycles. The standard InChI is InChI=1S/C11H13FN2O4/c12-7-1-2-9(15)8(5-7)11(17)14-3-4-18-6-10(13)16/h1-2,5,15H,3-4,6H2,(H2,13,16)(H,14,17). The molecule has 18 heavy (non-hydrogen) atoms. The average molecular weight is 256 g/mol. The van der Waals surface area contributed by atoms with Gasteiger partial charge in [-0.15, -0.1) is 0 Å². The molecule has 98 valence electrons. The zero-order valence-corrected chi connectivity index (χ0v) is 9.48. The summed E-state index contributed by atoms with van der Waals surface area (Å²) < 4.78 is 17.7. The number of amides is 2. The molecule has 2 amide bonds. The van der Waals surface area contributed by atoms with Gasteiger partial charge in [-0.3, -0.25) is 9.59 Å². The maximum atomic E-state index is 12.9. The Morgan fingerprint density at radius 2 is 2.17 bits per heavy atom. The van der Waals surface area contributed by atoms with E-state index in [-0.39, 0.29) is 31.1 Å². The molecule has 0 unspecified atom stereocenters. The van der Waals surface area contributed by atoms with E-state index in [1.165, 1.54) is 0 Å². The lowest BCUT2D eigenvalue weighted by atomic mass is 10.2. The Morgan fingerprint density at radius 3 is 2.83 bits per heavy atom. The number of hydrogen-bond acceptors (Lipinski definition) is 4. The molecule has 0 aliphatic heterocycles. The van der Waals surface area contributed by atoms with E-state index < -0.39 is 17.6 Å². The van der Waals surface area contributed by atoms with E-state index in [1.807, 2.05) is 0 Å². The smallest absolute Gasteiger partial charge is 0.255 e. The second kappa shape index (κ2) is 6.55. The third kappa shape index (κ3) is 4.38. The summed E-state index contributed by atoms with van der Waals surface area (Å²) in [7, 11) is 0. The van der Waals surface area contributed by atoms with Crippen molar-refractivity contribution in [3.05, 3.63) is 29.6 Å². The lowest BCUT2D eigenvalue weighted by Gasteiger charge is -2.07. The maximum absolute atomic E-state index is 12.9. The van der Waals surface area contributed by atoms with Gasteiger partial charge < -0.3 is 20.9 Å². The minimum absolute atomic E-state index is 0.0881. The molecule has 7 heteroatoms. The van der Waals surface area contributed by atoms with Gasteiger partial charge in [0.15, 0.2) is 0 Å². The van der Waals surface area contributed by atoms with Crippen LogP contribution in [0, 0.1) is 5.82 Å². The van der Waals surface area contributed by atoms with Gasteiger partial charge in [-0.1, -0.05) is 0 Å². The van der Waals surface area contributed by atoms with E-state index >= 15 is 0 Å². The first-order valence-corrected chi connectivity index (χ1v) is 5.13. The molecule has 0 bridgehead atoms. The van der Waals surface area contributed by atoms with E-state index in [4.69, 9.17) is 10.5 Å². The van der Waals surface area contributed by atoms with Crippen LogP contribution in [0.2, 0.25) is 0 Å². The van der Waals surface area contributed by atoms with Gasteiger partial charge >= 0.3 is 0 Å². The normalized spacial score (nSPS) is 10.1.